The Morgan fingerprint density at radius 3 is 2.69 bits per heavy atom. The van der Waals surface area contributed by atoms with Gasteiger partial charge < -0.3 is 18.8 Å². The highest BCUT2D eigenvalue weighted by molar-refractivity contribution is 5.97. The molecule has 0 radical (unpaired) electrons. The topological polar surface area (TPSA) is 86.0 Å². The SMILES string of the molecule is CCc1cc2c(C)cc(=O)oc2cc1OC(=O)C1CCCN(C(=O)c2ccccc2OC(F)F)C1. The number of para-hydroxylation sites is 1. The van der Waals surface area contributed by atoms with Gasteiger partial charge in [0.1, 0.15) is 17.1 Å². The quantitative estimate of drug-likeness (QED) is 0.285. The minimum absolute atomic E-state index is 0.00927. The molecule has 4 rings (SSSR count). The van der Waals surface area contributed by atoms with Crippen molar-refractivity contribution in [3.8, 4) is 11.5 Å². The Morgan fingerprint density at radius 2 is 1.94 bits per heavy atom. The number of esters is 1. The smallest absolute Gasteiger partial charge is 0.387 e. The Hall–Kier alpha value is -3.75. The zero-order chi connectivity index (χ0) is 25.1. The molecule has 1 fully saturated rings. The number of amides is 1. The van der Waals surface area contributed by atoms with E-state index in [4.69, 9.17) is 9.15 Å². The maximum atomic E-state index is 13.0. The van der Waals surface area contributed by atoms with Crippen LogP contribution in [0.1, 0.15) is 41.3 Å². The van der Waals surface area contributed by atoms with Gasteiger partial charge in [0.2, 0.25) is 0 Å². The molecule has 0 N–H and O–H groups in total. The van der Waals surface area contributed by atoms with Crippen LogP contribution in [0.2, 0.25) is 0 Å². The van der Waals surface area contributed by atoms with E-state index in [9.17, 15) is 23.2 Å². The van der Waals surface area contributed by atoms with E-state index in [2.05, 4.69) is 4.74 Å². The number of ether oxygens (including phenoxy) is 2. The van der Waals surface area contributed by atoms with E-state index < -0.39 is 30.0 Å². The number of carbonyl (C=O) groups is 2. The first kappa shape index (κ1) is 24.4. The lowest BCUT2D eigenvalue weighted by Crippen LogP contribution is -2.43. The van der Waals surface area contributed by atoms with E-state index in [-0.39, 0.29) is 17.9 Å². The minimum atomic E-state index is -3.06. The van der Waals surface area contributed by atoms with Crippen LogP contribution in [0.5, 0.6) is 11.5 Å². The second kappa shape index (κ2) is 10.2. The third-order valence-electron chi connectivity index (χ3n) is 6.10. The fourth-order valence-corrected chi connectivity index (χ4v) is 4.32. The van der Waals surface area contributed by atoms with Gasteiger partial charge >= 0.3 is 18.2 Å². The van der Waals surface area contributed by atoms with Gasteiger partial charge in [0.15, 0.2) is 0 Å². The molecule has 0 bridgehead atoms. The molecule has 1 aliphatic rings. The number of benzene rings is 2. The van der Waals surface area contributed by atoms with Crippen molar-refractivity contribution in [2.24, 2.45) is 5.92 Å². The van der Waals surface area contributed by atoms with Crippen molar-refractivity contribution in [1.82, 2.24) is 4.90 Å². The number of fused-ring (bicyclic) bond motifs is 1. The summed E-state index contributed by atoms with van der Waals surface area (Å²) in [5.74, 6) is -1.50. The number of piperidine rings is 1. The van der Waals surface area contributed by atoms with E-state index in [0.717, 1.165) is 16.5 Å². The molecule has 2 aromatic carbocycles. The first-order valence-corrected chi connectivity index (χ1v) is 11.4. The van der Waals surface area contributed by atoms with Gasteiger partial charge in [0, 0.05) is 30.6 Å². The number of alkyl halides is 2. The van der Waals surface area contributed by atoms with Gasteiger partial charge in [-0.05, 0) is 55.5 Å². The van der Waals surface area contributed by atoms with Crippen molar-refractivity contribution in [2.45, 2.75) is 39.7 Å². The number of halogens is 2. The van der Waals surface area contributed by atoms with Gasteiger partial charge in [0.25, 0.3) is 5.91 Å². The van der Waals surface area contributed by atoms with Gasteiger partial charge in [-0.3, -0.25) is 9.59 Å². The largest absolute Gasteiger partial charge is 0.434 e. The second-order valence-corrected chi connectivity index (χ2v) is 8.44. The number of carbonyl (C=O) groups excluding carboxylic acids is 2. The molecule has 9 heteroatoms. The summed E-state index contributed by atoms with van der Waals surface area (Å²) in [5, 5.41) is 0.764. The Labute approximate surface area is 200 Å². The van der Waals surface area contributed by atoms with Crippen LogP contribution in [0.4, 0.5) is 8.78 Å². The van der Waals surface area contributed by atoms with Crippen LogP contribution in [0, 0.1) is 12.8 Å². The molecule has 1 aromatic heterocycles. The molecule has 0 spiro atoms. The number of nitrogens with zero attached hydrogens (tertiary/aromatic N) is 1. The summed E-state index contributed by atoms with van der Waals surface area (Å²) in [6.07, 6.45) is 1.66. The summed E-state index contributed by atoms with van der Waals surface area (Å²) in [6, 6.07) is 10.6. The fourth-order valence-electron chi connectivity index (χ4n) is 4.32. The van der Waals surface area contributed by atoms with E-state index in [1.54, 1.807) is 12.1 Å². The maximum Gasteiger partial charge on any atom is 0.387 e. The average Bonchev–Trinajstić information content (AvgIpc) is 2.83. The number of aryl methyl sites for hydroxylation is 2. The summed E-state index contributed by atoms with van der Waals surface area (Å²) in [4.78, 5) is 39.3. The summed E-state index contributed by atoms with van der Waals surface area (Å²) >= 11 is 0. The molecule has 0 saturated carbocycles. The van der Waals surface area contributed by atoms with Crippen LogP contribution >= 0.6 is 0 Å². The van der Waals surface area contributed by atoms with Crippen molar-refractivity contribution in [3.05, 3.63) is 69.6 Å². The lowest BCUT2D eigenvalue weighted by atomic mass is 9.97. The summed E-state index contributed by atoms with van der Waals surface area (Å²) < 4.78 is 41.0. The predicted molar refractivity (Wildman–Crippen MR) is 124 cm³/mol. The first-order chi connectivity index (χ1) is 16.8. The zero-order valence-corrected chi connectivity index (χ0v) is 19.4. The summed E-state index contributed by atoms with van der Waals surface area (Å²) in [5.41, 5.74) is 1.39. The molecule has 35 heavy (non-hydrogen) atoms. The maximum absolute atomic E-state index is 13.0. The van der Waals surface area contributed by atoms with Crippen molar-refractivity contribution >= 4 is 22.8 Å². The molecular weight excluding hydrogens is 460 g/mol. The summed E-state index contributed by atoms with van der Waals surface area (Å²) in [6.45, 7) is 1.14. The van der Waals surface area contributed by atoms with Gasteiger partial charge in [-0.2, -0.15) is 8.78 Å². The molecule has 1 amide bonds. The number of likely N-dealkylation sites (tertiary alicyclic amines) is 1. The Bertz CT molecular complexity index is 1320. The molecule has 1 atom stereocenters. The molecule has 1 saturated heterocycles. The Balaban J connectivity index is 1.53. The third kappa shape index (κ3) is 5.34. The lowest BCUT2D eigenvalue weighted by molar-refractivity contribution is -0.140. The van der Waals surface area contributed by atoms with Gasteiger partial charge in [-0.25, -0.2) is 4.79 Å². The molecule has 7 nitrogen and oxygen atoms in total. The van der Waals surface area contributed by atoms with Crippen LogP contribution in [0.3, 0.4) is 0 Å². The highest BCUT2D eigenvalue weighted by Gasteiger charge is 2.32. The normalized spacial score (nSPS) is 15.9. The molecule has 2 heterocycles. The van der Waals surface area contributed by atoms with Gasteiger partial charge in [0.05, 0.1) is 11.5 Å². The van der Waals surface area contributed by atoms with Gasteiger partial charge in [-0.15, -0.1) is 0 Å². The second-order valence-electron chi connectivity index (χ2n) is 8.44. The van der Waals surface area contributed by atoms with Crippen LogP contribution < -0.4 is 15.1 Å². The zero-order valence-electron chi connectivity index (χ0n) is 19.4. The minimum Gasteiger partial charge on any atom is -0.434 e. The van der Waals surface area contributed by atoms with Gasteiger partial charge in [-0.1, -0.05) is 19.1 Å². The molecule has 0 aliphatic carbocycles. The van der Waals surface area contributed by atoms with Crippen molar-refractivity contribution in [3.63, 3.8) is 0 Å². The molecular formula is C26H25F2NO6. The number of rotatable bonds is 6. The predicted octanol–water partition coefficient (Wildman–Crippen LogP) is 4.72. The number of hydrogen-bond donors (Lipinski definition) is 0. The fraction of sp³-hybridized carbons (Fsp3) is 0.346. The van der Waals surface area contributed by atoms with Crippen molar-refractivity contribution in [2.75, 3.05) is 13.1 Å². The molecule has 1 unspecified atom stereocenters. The highest BCUT2D eigenvalue weighted by Crippen LogP contribution is 2.30. The van der Waals surface area contributed by atoms with Crippen molar-refractivity contribution in [1.29, 1.82) is 0 Å². The highest BCUT2D eigenvalue weighted by atomic mass is 19.3. The number of hydrogen-bond acceptors (Lipinski definition) is 6. The van der Waals surface area contributed by atoms with E-state index in [1.165, 1.54) is 29.2 Å². The van der Waals surface area contributed by atoms with E-state index in [0.29, 0.717) is 37.1 Å². The Kier molecular flexibility index (Phi) is 7.14. The molecule has 184 valence electrons. The van der Waals surface area contributed by atoms with E-state index >= 15 is 0 Å². The van der Waals surface area contributed by atoms with Crippen LogP contribution in [0.15, 0.2) is 51.7 Å². The van der Waals surface area contributed by atoms with Crippen LogP contribution in [0.25, 0.3) is 11.0 Å². The van der Waals surface area contributed by atoms with Crippen molar-refractivity contribution < 1.29 is 32.3 Å². The van der Waals surface area contributed by atoms with Crippen LogP contribution in [-0.2, 0) is 11.2 Å². The lowest BCUT2D eigenvalue weighted by Gasteiger charge is -2.32. The average molecular weight is 485 g/mol. The third-order valence-corrected chi connectivity index (χ3v) is 6.10. The van der Waals surface area contributed by atoms with Crippen LogP contribution in [-0.4, -0.2) is 36.5 Å². The molecule has 1 aliphatic heterocycles. The molecule has 3 aromatic rings. The monoisotopic (exact) mass is 485 g/mol. The standard InChI is InChI=1S/C26H25F2NO6/c1-3-16-12-19-15(2)11-23(30)33-22(19)13-21(16)34-25(32)17-7-6-10-29(14-17)24(31)18-8-4-5-9-20(18)35-26(27)28/h4-5,8-9,11-13,17,26H,3,6-7,10,14H2,1-2H3. The first-order valence-electron chi connectivity index (χ1n) is 11.4. The Morgan fingerprint density at radius 1 is 1.17 bits per heavy atom. The van der Waals surface area contributed by atoms with E-state index in [1.807, 2.05) is 19.9 Å². The summed E-state index contributed by atoms with van der Waals surface area (Å²) in [7, 11) is 0.